The Bertz CT molecular complexity index is 771. The number of hydrogen-bond donors (Lipinski definition) is 1. The predicted octanol–water partition coefficient (Wildman–Crippen LogP) is 2.31. The van der Waals surface area contributed by atoms with E-state index in [0.717, 1.165) is 0 Å². The minimum Gasteiger partial charge on any atom is -0.337 e. The first-order chi connectivity index (χ1) is 11.0. The lowest BCUT2D eigenvalue weighted by Crippen LogP contribution is -2.34. The van der Waals surface area contributed by atoms with Crippen LogP contribution >= 0.6 is 0 Å². The van der Waals surface area contributed by atoms with E-state index in [1.54, 1.807) is 25.2 Å². The van der Waals surface area contributed by atoms with Crippen molar-refractivity contribution in [2.75, 3.05) is 7.05 Å². The van der Waals surface area contributed by atoms with Gasteiger partial charge in [0.25, 0.3) is 11.5 Å². The minimum absolute atomic E-state index is 0.0951. The van der Waals surface area contributed by atoms with Gasteiger partial charge in [-0.05, 0) is 24.5 Å². The van der Waals surface area contributed by atoms with Gasteiger partial charge in [0.2, 0.25) is 0 Å². The molecule has 0 bridgehead atoms. The van der Waals surface area contributed by atoms with Crippen LogP contribution in [0.15, 0.2) is 29.1 Å². The first kappa shape index (κ1) is 16.9. The van der Waals surface area contributed by atoms with Crippen molar-refractivity contribution in [3.63, 3.8) is 0 Å². The number of benzene rings is 1. The van der Waals surface area contributed by atoms with Crippen LogP contribution in [-0.4, -0.2) is 28.1 Å². The molecule has 2 rings (SSSR count). The second kappa shape index (κ2) is 7.17. The zero-order chi connectivity index (χ0) is 17.0. The van der Waals surface area contributed by atoms with Crippen molar-refractivity contribution < 1.29 is 9.18 Å². The lowest BCUT2D eigenvalue weighted by molar-refractivity contribution is 0.0780. The molecule has 0 radical (unpaired) electrons. The molecule has 6 heteroatoms. The molecule has 0 atom stereocenters. The van der Waals surface area contributed by atoms with Crippen LogP contribution in [-0.2, 0) is 19.4 Å². The Kier molecular flexibility index (Phi) is 5.26. The van der Waals surface area contributed by atoms with Crippen LogP contribution in [0.4, 0.5) is 4.39 Å². The van der Waals surface area contributed by atoms with E-state index in [0.29, 0.717) is 29.7 Å². The summed E-state index contributed by atoms with van der Waals surface area (Å²) < 4.78 is 13.7. The Morgan fingerprint density at radius 1 is 1.26 bits per heavy atom. The van der Waals surface area contributed by atoms with E-state index in [4.69, 9.17) is 0 Å². The predicted molar refractivity (Wildman–Crippen MR) is 85.8 cm³/mol. The van der Waals surface area contributed by atoms with Gasteiger partial charge in [0.05, 0.1) is 5.69 Å². The highest BCUT2D eigenvalue weighted by Gasteiger charge is 2.22. The summed E-state index contributed by atoms with van der Waals surface area (Å²) >= 11 is 0. The molecule has 0 aliphatic carbocycles. The number of carbonyl (C=O) groups excluding carboxylic acids is 1. The van der Waals surface area contributed by atoms with Crippen molar-refractivity contribution >= 4 is 5.91 Å². The van der Waals surface area contributed by atoms with Crippen molar-refractivity contribution in [3.8, 4) is 0 Å². The average Bonchev–Trinajstić information content (AvgIpc) is 2.55. The monoisotopic (exact) mass is 317 g/mol. The summed E-state index contributed by atoms with van der Waals surface area (Å²) in [4.78, 5) is 26.1. The van der Waals surface area contributed by atoms with Gasteiger partial charge in [-0.1, -0.05) is 32.0 Å². The highest BCUT2D eigenvalue weighted by molar-refractivity contribution is 5.95. The fraction of sp³-hybridized carbons (Fsp3) is 0.353. The number of aromatic amines is 1. The van der Waals surface area contributed by atoms with Gasteiger partial charge < -0.3 is 4.90 Å². The molecule has 0 aliphatic heterocycles. The summed E-state index contributed by atoms with van der Waals surface area (Å²) in [7, 11) is 1.56. The van der Waals surface area contributed by atoms with Crippen LogP contribution in [0.3, 0.4) is 0 Å². The minimum atomic E-state index is -0.510. The molecule has 5 nitrogen and oxygen atoms in total. The number of aromatic nitrogens is 2. The van der Waals surface area contributed by atoms with Crippen LogP contribution in [0.2, 0.25) is 0 Å². The molecule has 0 spiro atoms. The lowest BCUT2D eigenvalue weighted by atomic mass is 10.0. The van der Waals surface area contributed by atoms with Crippen LogP contribution in [0.25, 0.3) is 0 Å². The molecule has 0 saturated carbocycles. The number of aryl methyl sites for hydroxylation is 1. The molecule has 0 saturated heterocycles. The largest absolute Gasteiger partial charge is 0.337 e. The Hall–Kier alpha value is -2.50. The molecule has 0 unspecified atom stereocenters. The Labute approximate surface area is 134 Å². The van der Waals surface area contributed by atoms with E-state index in [-0.39, 0.29) is 17.9 Å². The van der Waals surface area contributed by atoms with Crippen LogP contribution < -0.4 is 5.56 Å². The smallest absolute Gasteiger partial charge is 0.277 e. The van der Waals surface area contributed by atoms with Gasteiger partial charge in [-0.2, -0.15) is 5.10 Å². The maximum Gasteiger partial charge on any atom is 0.277 e. The third-order valence-electron chi connectivity index (χ3n) is 3.78. The number of nitrogens with one attached hydrogen (secondary N) is 1. The van der Waals surface area contributed by atoms with E-state index in [1.165, 1.54) is 11.0 Å². The number of hydrogen-bond acceptors (Lipinski definition) is 3. The van der Waals surface area contributed by atoms with E-state index < -0.39 is 11.5 Å². The second-order valence-corrected chi connectivity index (χ2v) is 5.31. The van der Waals surface area contributed by atoms with Crippen molar-refractivity contribution in [1.82, 2.24) is 15.1 Å². The first-order valence-electron chi connectivity index (χ1n) is 7.58. The fourth-order valence-corrected chi connectivity index (χ4v) is 2.57. The topological polar surface area (TPSA) is 66.1 Å². The number of amides is 1. The summed E-state index contributed by atoms with van der Waals surface area (Å²) in [5, 5.41) is 6.38. The molecule has 23 heavy (non-hydrogen) atoms. The Balaban J connectivity index is 2.37. The first-order valence-corrected chi connectivity index (χ1v) is 7.58. The normalized spacial score (nSPS) is 10.6. The summed E-state index contributed by atoms with van der Waals surface area (Å²) in [6, 6.07) is 6.27. The summed E-state index contributed by atoms with van der Waals surface area (Å²) in [5.74, 6) is -0.802. The van der Waals surface area contributed by atoms with Gasteiger partial charge in [0, 0.05) is 19.2 Å². The van der Waals surface area contributed by atoms with Gasteiger partial charge in [-0.15, -0.1) is 0 Å². The number of H-pyrrole nitrogens is 1. The zero-order valence-corrected chi connectivity index (χ0v) is 13.5. The second-order valence-electron chi connectivity index (χ2n) is 5.31. The maximum absolute atomic E-state index is 13.7. The molecule has 0 fully saturated rings. The number of nitrogens with zero attached hydrogens (tertiary/aromatic N) is 2. The molecule has 0 aliphatic rings. The van der Waals surface area contributed by atoms with Crippen molar-refractivity contribution in [3.05, 3.63) is 62.8 Å². The quantitative estimate of drug-likeness (QED) is 0.920. The lowest BCUT2D eigenvalue weighted by Gasteiger charge is -2.19. The highest BCUT2D eigenvalue weighted by atomic mass is 19.1. The van der Waals surface area contributed by atoms with Crippen molar-refractivity contribution in [1.29, 1.82) is 0 Å². The highest BCUT2D eigenvalue weighted by Crippen LogP contribution is 2.15. The van der Waals surface area contributed by atoms with Crippen LogP contribution in [0, 0.1) is 5.82 Å². The molecule has 1 N–H and O–H groups in total. The van der Waals surface area contributed by atoms with Gasteiger partial charge >= 0.3 is 0 Å². The average molecular weight is 317 g/mol. The van der Waals surface area contributed by atoms with E-state index in [1.807, 2.05) is 13.8 Å². The van der Waals surface area contributed by atoms with Gasteiger partial charge in [0.1, 0.15) is 11.4 Å². The molecular weight excluding hydrogens is 297 g/mol. The third-order valence-corrected chi connectivity index (χ3v) is 3.78. The molecule has 1 aromatic heterocycles. The Morgan fingerprint density at radius 2 is 1.96 bits per heavy atom. The Morgan fingerprint density at radius 3 is 2.57 bits per heavy atom. The van der Waals surface area contributed by atoms with Crippen molar-refractivity contribution in [2.24, 2.45) is 0 Å². The third kappa shape index (κ3) is 3.47. The van der Waals surface area contributed by atoms with Crippen LogP contribution in [0.1, 0.15) is 41.0 Å². The summed E-state index contributed by atoms with van der Waals surface area (Å²) in [6.45, 7) is 3.89. The molecule has 122 valence electrons. The SMILES string of the molecule is CCc1n[nH]c(=O)c(C(=O)N(C)Cc2ccccc2F)c1CC. The zero-order valence-electron chi connectivity index (χ0n) is 13.5. The van der Waals surface area contributed by atoms with Gasteiger partial charge in [-0.25, -0.2) is 9.49 Å². The number of halogens is 1. The molecule has 1 heterocycles. The molecule has 1 aromatic carbocycles. The van der Waals surface area contributed by atoms with Crippen LogP contribution in [0.5, 0.6) is 0 Å². The summed E-state index contributed by atoms with van der Waals surface area (Å²) in [6.07, 6.45) is 1.16. The summed E-state index contributed by atoms with van der Waals surface area (Å²) in [5.41, 5.74) is 1.35. The van der Waals surface area contributed by atoms with E-state index in [9.17, 15) is 14.0 Å². The molecule has 1 amide bonds. The molecule has 2 aromatic rings. The maximum atomic E-state index is 13.7. The number of rotatable bonds is 5. The van der Waals surface area contributed by atoms with E-state index >= 15 is 0 Å². The van der Waals surface area contributed by atoms with Gasteiger partial charge in [-0.3, -0.25) is 9.59 Å². The fourth-order valence-electron chi connectivity index (χ4n) is 2.57. The van der Waals surface area contributed by atoms with Crippen molar-refractivity contribution in [2.45, 2.75) is 33.2 Å². The van der Waals surface area contributed by atoms with E-state index in [2.05, 4.69) is 10.2 Å². The molecular formula is C17H20FN3O2. The standard InChI is InChI=1S/C17H20FN3O2/c1-4-12-14(5-2)19-20-16(22)15(12)17(23)21(3)10-11-8-6-7-9-13(11)18/h6-9H,4-5,10H2,1-3H3,(H,20,22). The number of carbonyl (C=O) groups is 1. The van der Waals surface area contributed by atoms with Gasteiger partial charge in [0.15, 0.2) is 0 Å².